The summed E-state index contributed by atoms with van der Waals surface area (Å²) in [5.74, 6) is 0.295. The first-order chi connectivity index (χ1) is 9.84. The van der Waals surface area contributed by atoms with Gasteiger partial charge in [-0.1, -0.05) is 30.3 Å². The number of aromatic hydroxyl groups is 1. The second kappa shape index (κ2) is 5.96. The maximum atomic E-state index is 9.26. The van der Waals surface area contributed by atoms with Gasteiger partial charge in [-0.3, -0.25) is 9.11 Å². The lowest BCUT2D eigenvalue weighted by molar-refractivity contribution is 0.381. The third-order valence-corrected chi connectivity index (χ3v) is 2.77. The molecule has 0 spiro atoms. The van der Waals surface area contributed by atoms with Gasteiger partial charge in [-0.15, -0.1) is 0 Å². The van der Waals surface area contributed by atoms with Crippen molar-refractivity contribution >= 4 is 21.3 Å². The fraction of sp³-hybridized carbons (Fsp3) is 0. The van der Waals surface area contributed by atoms with Crippen LogP contribution in [-0.2, 0) is 10.4 Å². The summed E-state index contributed by atoms with van der Waals surface area (Å²) >= 11 is 0. The first kappa shape index (κ1) is 15.0. The molecule has 7 heteroatoms. The molecule has 4 N–H and O–H groups in total. The Bertz CT molecular complexity index is 829. The van der Waals surface area contributed by atoms with E-state index in [-0.39, 0.29) is 0 Å². The number of hydrogen-bond donors (Lipinski definition) is 4. The topological polar surface area (TPSA) is 111 Å². The standard InChI is InChI=1S/C14H11NO.H2O4S/c16-11-7-5-10(6-8-11)13-9-15-14-4-2-1-3-12(13)14;1-5(2,3)4/h1-9,15-16H;(H2,1,2,3,4). The minimum atomic E-state index is -4.67. The van der Waals surface area contributed by atoms with Crippen LogP contribution in [0.25, 0.3) is 22.0 Å². The molecular weight excluding hydrogens is 294 g/mol. The highest BCUT2D eigenvalue weighted by Gasteiger charge is 2.04. The summed E-state index contributed by atoms with van der Waals surface area (Å²) in [6.07, 6.45) is 2.00. The number of rotatable bonds is 1. The predicted molar refractivity (Wildman–Crippen MR) is 79.6 cm³/mol. The molecule has 0 unspecified atom stereocenters. The molecule has 0 aliphatic carbocycles. The fourth-order valence-electron chi connectivity index (χ4n) is 1.95. The zero-order chi connectivity index (χ0) is 15.5. The van der Waals surface area contributed by atoms with Crippen molar-refractivity contribution in [1.29, 1.82) is 0 Å². The van der Waals surface area contributed by atoms with E-state index in [4.69, 9.17) is 17.5 Å². The predicted octanol–water partition coefficient (Wildman–Crippen LogP) is 2.89. The Labute approximate surface area is 121 Å². The molecule has 0 saturated carbocycles. The Balaban J connectivity index is 0.000000282. The maximum absolute atomic E-state index is 9.26. The lowest BCUT2D eigenvalue weighted by Crippen LogP contribution is -1.89. The second-order valence-corrected chi connectivity index (χ2v) is 5.14. The number of fused-ring (bicyclic) bond motifs is 1. The Hall–Kier alpha value is -2.35. The number of phenols is 1. The fourth-order valence-corrected chi connectivity index (χ4v) is 1.95. The summed E-state index contributed by atoms with van der Waals surface area (Å²) < 4.78 is 31.6. The third-order valence-electron chi connectivity index (χ3n) is 2.77. The second-order valence-electron chi connectivity index (χ2n) is 4.24. The number of para-hydroxylation sites is 1. The Morgan fingerprint density at radius 1 is 0.905 bits per heavy atom. The van der Waals surface area contributed by atoms with Crippen molar-refractivity contribution < 1.29 is 22.6 Å². The van der Waals surface area contributed by atoms with Crippen molar-refractivity contribution in [3.63, 3.8) is 0 Å². The number of H-pyrrole nitrogens is 1. The molecule has 0 saturated heterocycles. The summed E-state index contributed by atoms with van der Waals surface area (Å²) in [5, 5.41) is 10.5. The van der Waals surface area contributed by atoms with Crippen LogP contribution in [0.2, 0.25) is 0 Å². The molecule has 6 nitrogen and oxygen atoms in total. The van der Waals surface area contributed by atoms with Crippen LogP contribution in [-0.4, -0.2) is 27.6 Å². The van der Waals surface area contributed by atoms with Crippen LogP contribution >= 0.6 is 0 Å². The van der Waals surface area contributed by atoms with Gasteiger partial charge in [0, 0.05) is 22.7 Å². The zero-order valence-electron chi connectivity index (χ0n) is 10.8. The Morgan fingerprint density at radius 3 is 2.10 bits per heavy atom. The van der Waals surface area contributed by atoms with Crippen molar-refractivity contribution in [2.45, 2.75) is 0 Å². The molecule has 1 aromatic heterocycles. The summed E-state index contributed by atoms with van der Waals surface area (Å²) in [7, 11) is -4.67. The molecule has 0 radical (unpaired) electrons. The molecule has 110 valence electrons. The molecule has 0 bridgehead atoms. The SMILES string of the molecule is O=S(=O)(O)O.Oc1ccc(-c2c[nH]c3ccccc23)cc1. The lowest BCUT2D eigenvalue weighted by atomic mass is 10.1. The van der Waals surface area contributed by atoms with Crippen LogP contribution < -0.4 is 0 Å². The van der Waals surface area contributed by atoms with Gasteiger partial charge in [-0.25, -0.2) is 0 Å². The first-order valence-electron chi connectivity index (χ1n) is 5.90. The van der Waals surface area contributed by atoms with E-state index in [2.05, 4.69) is 17.1 Å². The number of aromatic nitrogens is 1. The van der Waals surface area contributed by atoms with Gasteiger partial charge in [0.25, 0.3) is 0 Å². The molecular formula is C14H13NO5S. The number of nitrogens with one attached hydrogen (secondary N) is 1. The van der Waals surface area contributed by atoms with Gasteiger partial charge in [0.2, 0.25) is 0 Å². The van der Waals surface area contributed by atoms with E-state index in [9.17, 15) is 5.11 Å². The summed E-state index contributed by atoms with van der Waals surface area (Å²) in [6, 6.07) is 15.4. The van der Waals surface area contributed by atoms with Crippen molar-refractivity contribution in [3.8, 4) is 16.9 Å². The molecule has 0 atom stereocenters. The molecule has 0 fully saturated rings. The van der Waals surface area contributed by atoms with Crippen LogP contribution in [0.5, 0.6) is 5.75 Å². The summed E-state index contributed by atoms with van der Waals surface area (Å²) in [6.45, 7) is 0. The molecule has 2 aromatic carbocycles. The Morgan fingerprint density at radius 2 is 1.48 bits per heavy atom. The molecule has 0 aliphatic rings. The molecule has 1 heterocycles. The van der Waals surface area contributed by atoms with Gasteiger partial charge in [-0.2, -0.15) is 8.42 Å². The van der Waals surface area contributed by atoms with Crippen LogP contribution in [0.1, 0.15) is 0 Å². The van der Waals surface area contributed by atoms with Crippen LogP contribution in [0.4, 0.5) is 0 Å². The smallest absolute Gasteiger partial charge is 0.394 e. The zero-order valence-corrected chi connectivity index (χ0v) is 11.6. The molecule has 3 rings (SSSR count). The molecule has 3 aromatic rings. The van der Waals surface area contributed by atoms with Crippen LogP contribution in [0.15, 0.2) is 54.7 Å². The minimum Gasteiger partial charge on any atom is -0.508 e. The van der Waals surface area contributed by atoms with E-state index in [1.54, 1.807) is 12.1 Å². The van der Waals surface area contributed by atoms with Crippen LogP contribution in [0, 0.1) is 0 Å². The van der Waals surface area contributed by atoms with Crippen molar-refractivity contribution in [3.05, 3.63) is 54.7 Å². The van der Waals surface area contributed by atoms with E-state index in [1.165, 1.54) is 5.39 Å². The van der Waals surface area contributed by atoms with Gasteiger partial charge in [0.05, 0.1) is 0 Å². The molecule has 0 amide bonds. The highest BCUT2D eigenvalue weighted by Crippen LogP contribution is 2.29. The van der Waals surface area contributed by atoms with Gasteiger partial charge in [-0.05, 0) is 23.8 Å². The van der Waals surface area contributed by atoms with E-state index < -0.39 is 10.4 Å². The van der Waals surface area contributed by atoms with Crippen LogP contribution in [0.3, 0.4) is 0 Å². The number of phenolic OH excluding ortho intramolecular Hbond substituents is 1. The van der Waals surface area contributed by atoms with Gasteiger partial charge in [0.15, 0.2) is 0 Å². The van der Waals surface area contributed by atoms with E-state index in [1.807, 2.05) is 30.5 Å². The molecule has 0 aliphatic heterocycles. The normalized spacial score (nSPS) is 11.0. The monoisotopic (exact) mass is 307 g/mol. The van der Waals surface area contributed by atoms with E-state index in [0.29, 0.717) is 5.75 Å². The lowest BCUT2D eigenvalue weighted by Gasteiger charge is -1.99. The third kappa shape index (κ3) is 4.32. The van der Waals surface area contributed by atoms with E-state index >= 15 is 0 Å². The average Bonchev–Trinajstić information content (AvgIpc) is 2.82. The quantitative estimate of drug-likeness (QED) is 0.517. The Kier molecular flexibility index (Phi) is 4.27. The number of hydrogen-bond acceptors (Lipinski definition) is 3. The number of benzene rings is 2. The van der Waals surface area contributed by atoms with Gasteiger partial charge < -0.3 is 10.1 Å². The molecule has 21 heavy (non-hydrogen) atoms. The van der Waals surface area contributed by atoms with Crippen molar-refractivity contribution in [1.82, 2.24) is 4.98 Å². The van der Waals surface area contributed by atoms with Gasteiger partial charge in [0.1, 0.15) is 5.75 Å². The minimum absolute atomic E-state index is 0.295. The van der Waals surface area contributed by atoms with Crippen molar-refractivity contribution in [2.24, 2.45) is 0 Å². The van der Waals surface area contributed by atoms with Gasteiger partial charge >= 0.3 is 10.4 Å². The highest BCUT2D eigenvalue weighted by molar-refractivity contribution is 7.79. The number of aromatic amines is 1. The highest BCUT2D eigenvalue weighted by atomic mass is 32.3. The summed E-state index contributed by atoms with van der Waals surface area (Å²) in [4.78, 5) is 3.24. The summed E-state index contributed by atoms with van der Waals surface area (Å²) in [5.41, 5.74) is 3.40. The van der Waals surface area contributed by atoms with E-state index in [0.717, 1.165) is 16.6 Å². The maximum Gasteiger partial charge on any atom is 0.394 e. The van der Waals surface area contributed by atoms with Crippen molar-refractivity contribution in [2.75, 3.05) is 0 Å². The first-order valence-corrected chi connectivity index (χ1v) is 7.30. The average molecular weight is 307 g/mol. The largest absolute Gasteiger partial charge is 0.508 e.